The maximum Gasteiger partial charge on any atom is 0.208 e. The summed E-state index contributed by atoms with van der Waals surface area (Å²) in [5.41, 5.74) is 2.20. The van der Waals surface area contributed by atoms with Crippen molar-refractivity contribution in [2.75, 3.05) is 60.2 Å². The van der Waals surface area contributed by atoms with Crippen LogP contribution in [0.5, 0.6) is 0 Å². The third kappa shape index (κ3) is 4.94. The van der Waals surface area contributed by atoms with Gasteiger partial charge in [0.15, 0.2) is 0 Å². The van der Waals surface area contributed by atoms with Crippen LogP contribution in [0, 0.1) is 0 Å². The number of morpholine rings is 1. The minimum Gasteiger partial charge on any atom is -0.379 e. The molecule has 24 heavy (non-hydrogen) atoms. The van der Waals surface area contributed by atoms with Crippen LogP contribution in [0.3, 0.4) is 0 Å². The topological polar surface area (TPSA) is 46.5 Å². The van der Waals surface area contributed by atoms with E-state index < -0.39 is 5.79 Å². The Kier molecular flexibility index (Phi) is 8.70. The van der Waals surface area contributed by atoms with Crippen molar-refractivity contribution in [3.05, 3.63) is 23.8 Å². The monoisotopic (exact) mass is 379 g/mol. The van der Waals surface area contributed by atoms with Crippen molar-refractivity contribution in [3.8, 4) is 0 Å². The molecular weight excluding hydrogens is 353 g/mol. The van der Waals surface area contributed by atoms with Crippen LogP contribution in [0.15, 0.2) is 28.9 Å². The number of ether oxygens (including phenoxy) is 3. The number of methoxy groups -OCH3 is 2. The summed E-state index contributed by atoms with van der Waals surface area (Å²) in [6.07, 6.45) is 7.04. The first-order valence-corrected chi connectivity index (χ1v) is 7.90. The molecule has 138 valence electrons. The second-order valence-corrected chi connectivity index (χ2v) is 5.81. The number of hydrogen-bond acceptors (Lipinski definition) is 6. The molecule has 2 heterocycles. The smallest absolute Gasteiger partial charge is 0.208 e. The van der Waals surface area contributed by atoms with Crippen LogP contribution >= 0.6 is 24.8 Å². The fourth-order valence-electron chi connectivity index (χ4n) is 3.04. The van der Waals surface area contributed by atoms with E-state index in [4.69, 9.17) is 14.2 Å². The highest BCUT2D eigenvalue weighted by atomic mass is 35.5. The largest absolute Gasteiger partial charge is 0.379 e. The van der Waals surface area contributed by atoms with Gasteiger partial charge in [-0.25, -0.2) is 0 Å². The summed E-state index contributed by atoms with van der Waals surface area (Å²) < 4.78 is 16.3. The average Bonchev–Trinajstić information content (AvgIpc) is 2.97. The molecule has 1 aliphatic carbocycles. The van der Waals surface area contributed by atoms with E-state index in [9.17, 15) is 0 Å². The highest BCUT2D eigenvalue weighted by Gasteiger charge is 2.31. The molecule has 0 bridgehead atoms. The predicted molar refractivity (Wildman–Crippen MR) is 99.4 cm³/mol. The van der Waals surface area contributed by atoms with Gasteiger partial charge in [-0.05, 0) is 24.6 Å². The van der Waals surface area contributed by atoms with Crippen LogP contribution in [-0.4, -0.2) is 81.6 Å². The predicted octanol–water partition coefficient (Wildman–Crippen LogP) is 1.71. The lowest BCUT2D eigenvalue weighted by Crippen LogP contribution is -2.37. The first-order chi connectivity index (χ1) is 10.7. The zero-order valence-electron chi connectivity index (χ0n) is 14.3. The van der Waals surface area contributed by atoms with E-state index in [-0.39, 0.29) is 24.8 Å². The molecule has 0 aromatic carbocycles. The van der Waals surface area contributed by atoms with Crippen LogP contribution in [0.4, 0.5) is 0 Å². The Morgan fingerprint density at radius 3 is 2.54 bits per heavy atom. The SMILES string of the molecule is COC1(OC)C=CC2=NN(CCCN3CCOCC3)CC2=C1.Cl.Cl. The van der Waals surface area contributed by atoms with E-state index in [1.54, 1.807) is 14.2 Å². The first-order valence-electron chi connectivity index (χ1n) is 7.90. The molecule has 1 saturated heterocycles. The molecule has 0 radical (unpaired) electrons. The van der Waals surface area contributed by atoms with Gasteiger partial charge in [-0.3, -0.25) is 9.91 Å². The van der Waals surface area contributed by atoms with Gasteiger partial charge in [0.25, 0.3) is 0 Å². The first kappa shape index (κ1) is 21.4. The number of rotatable bonds is 6. The quantitative estimate of drug-likeness (QED) is 0.657. The molecule has 0 N–H and O–H groups in total. The van der Waals surface area contributed by atoms with Gasteiger partial charge < -0.3 is 14.2 Å². The Labute approximate surface area is 156 Å². The number of fused-ring (bicyclic) bond motifs is 1. The van der Waals surface area contributed by atoms with Gasteiger partial charge in [0.2, 0.25) is 5.79 Å². The molecule has 0 saturated carbocycles. The lowest BCUT2D eigenvalue weighted by molar-refractivity contribution is -0.133. The van der Waals surface area contributed by atoms with Crippen molar-refractivity contribution < 1.29 is 14.2 Å². The molecule has 0 spiro atoms. The minimum atomic E-state index is -0.738. The molecule has 3 aliphatic rings. The van der Waals surface area contributed by atoms with E-state index >= 15 is 0 Å². The molecule has 0 aromatic heterocycles. The third-order valence-electron chi connectivity index (χ3n) is 4.41. The molecule has 2 aliphatic heterocycles. The second-order valence-electron chi connectivity index (χ2n) is 5.81. The van der Waals surface area contributed by atoms with E-state index in [1.807, 2.05) is 18.2 Å². The molecule has 0 unspecified atom stereocenters. The Morgan fingerprint density at radius 1 is 1.17 bits per heavy atom. The molecule has 6 nitrogen and oxygen atoms in total. The summed E-state index contributed by atoms with van der Waals surface area (Å²) in [5.74, 6) is -0.738. The third-order valence-corrected chi connectivity index (χ3v) is 4.41. The normalized spacial score (nSPS) is 22.2. The summed E-state index contributed by atoms with van der Waals surface area (Å²) in [4.78, 5) is 2.46. The van der Waals surface area contributed by atoms with E-state index in [0.29, 0.717) is 0 Å². The zero-order valence-corrected chi connectivity index (χ0v) is 15.9. The maximum absolute atomic E-state index is 5.45. The van der Waals surface area contributed by atoms with Crippen molar-refractivity contribution in [2.45, 2.75) is 12.2 Å². The number of halogens is 2. The number of hydrogen-bond donors (Lipinski definition) is 0. The van der Waals surface area contributed by atoms with E-state index in [0.717, 1.165) is 58.1 Å². The Balaban J connectivity index is 0.00000144. The van der Waals surface area contributed by atoms with Crippen LogP contribution in [-0.2, 0) is 14.2 Å². The second kappa shape index (κ2) is 9.75. The van der Waals surface area contributed by atoms with Gasteiger partial charge >= 0.3 is 0 Å². The van der Waals surface area contributed by atoms with Crippen molar-refractivity contribution >= 4 is 30.5 Å². The van der Waals surface area contributed by atoms with Gasteiger partial charge in [0.1, 0.15) is 0 Å². The van der Waals surface area contributed by atoms with Gasteiger partial charge in [-0.2, -0.15) is 5.10 Å². The molecule has 0 amide bonds. The standard InChI is InChI=1S/C16H25N3O3.2ClH/c1-20-16(21-2)5-4-15-14(12-16)13-19(17-15)7-3-6-18-8-10-22-11-9-18;;/h4-5,12H,3,6-11,13H2,1-2H3;2*1H. The Morgan fingerprint density at radius 2 is 1.88 bits per heavy atom. The van der Waals surface area contributed by atoms with Crippen molar-refractivity contribution in [1.82, 2.24) is 9.91 Å². The van der Waals surface area contributed by atoms with Crippen LogP contribution in [0.25, 0.3) is 0 Å². The summed E-state index contributed by atoms with van der Waals surface area (Å²) in [6.45, 7) is 6.73. The summed E-state index contributed by atoms with van der Waals surface area (Å²) in [5, 5.41) is 6.80. The Bertz CT molecular complexity index is 487. The van der Waals surface area contributed by atoms with Crippen LogP contribution < -0.4 is 0 Å². The van der Waals surface area contributed by atoms with Crippen molar-refractivity contribution in [1.29, 1.82) is 0 Å². The molecule has 3 rings (SSSR count). The minimum absolute atomic E-state index is 0. The van der Waals surface area contributed by atoms with E-state index in [2.05, 4.69) is 15.0 Å². The maximum atomic E-state index is 5.45. The fraction of sp³-hybridized carbons (Fsp3) is 0.688. The van der Waals surface area contributed by atoms with Crippen molar-refractivity contribution in [3.63, 3.8) is 0 Å². The summed E-state index contributed by atoms with van der Waals surface area (Å²) in [7, 11) is 3.31. The number of hydrazone groups is 1. The molecule has 0 aromatic rings. The van der Waals surface area contributed by atoms with Gasteiger partial charge in [-0.1, -0.05) is 0 Å². The lowest BCUT2D eigenvalue weighted by Gasteiger charge is -2.27. The van der Waals surface area contributed by atoms with Crippen LogP contribution in [0.2, 0.25) is 0 Å². The molecule has 0 atom stereocenters. The number of nitrogens with zero attached hydrogens (tertiary/aromatic N) is 3. The highest BCUT2D eigenvalue weighted by Crippen LogP contribution is 2.27. The molecule has 1 fully saturated rings. The number of allylic oxidation sites excluding steroid dienone is 1. The Hall–Kier alpha value is -0.630. The highest BCUT2D eigenvalue weighted by molar-refractivity contribution is 6.10. The summed E-state index contributed by atoms with van der Waals surface area (Å²) >= 11 is 0. The lowest BCUT2D eigenvalue weighted by atomic mass is 10.0. The van der Waals surface area contributed by atoms with Crippen molar-refractivity contribution in [2.24, 2.45) is 5.10 Å². The summed E-state index contributed by atoms with van der Waals surface area (Å²) in [6, 6.07) is 0. The van der Waals surface area contributed by atoms with E-state index in [1.165, 1.54) is 5.57 Å². The molecule has 8 heteroatoms. The molecular formula is C16H27Cl2N3O3. The fourth-order valence-corrected chi connectivity index (χ4v) is 3.04. The zero-order chi connectivity index (χ0) is 15.4. The van der Waals surface area contributed by atoms with Gasteiger partial charge in [0, 0.05) is 46.0 Å². The average molecular weight is 380 g/mol. The van der Waals surface area contributed by atoms with Gasteiger partial charge in [0.05, 0.1) is 25.5 Å². The van der Waals surface area contributed by atoms with Crippen LogP contribution in [0.1, 0.15) is 6.42 Å². The van der Waals surface area contributed by atoms with Gasteiger partial charge in [-0.15, -0.1) is 24.8 Å².